The van der Waals surface area contributed by atoms with Crippen LogP contribution >= 0.6 is 22.9 Å². The molecule has 4 aromatic carbocycles. The van der Waals surface area contributed by atoms with Gasteiger partial charge in [0.1, 0.15) is 11.0 Å². The fraction of sp³-hybridized carbons (Fsp3) is 0.176. The number of benzene rings is 4. The highest BCUT2D eigenvalue weighted by Gasteiger charge is 2.35. The smallest absolute Gasteiger partial charge is 0.322 e. The monoisotopic (exact) mass is 630 g/mol. The Morgan fingerprint density at radius 1 is 0.837 bits per heavy atom. The maximum Gasteiger partial charge on any atom is 0.322 e. The second kappa shape index (κ2) is 13.2. The van der Waals surface area contributed by atoms with Crippen molar-refractivity contribution in [1.29, 1.82) is 0 Å². The summed E-state index contributed by atoms with van der Waals surface area (Å²) in [6.07, 6.45) is 1.01. The van der Waals surface area contributed by atoms with Crippen molar-refractivity contribution in [3.8, 4) is 32.3 Å². The van der Waals surface area contributed by atoms with Gasteiger partial charge >= 0.3 is 5.97 Å². The first-order valence-corrected chi connectivity index (χ1v) is 16.6. The predicted octanol–water partition coefficient (Wildman–Crippen LogP) is 8.07. The lowest BCUT2D eigenvalue weighted by Gasteiger charge is -2.27. The molecule has 5 rings (SSSR count). The van der Waals surface area contributed by atoms with Crippen molar-refractivity contribution in [2.75, 3.05) is 6.54 Å². The first-order chi connectivity index (χ1) is 20.7. The molecule has 1 heterocycles. The number of hydrogen-bond donors (Lipinski definition) is 1. The Labute approximate surface area is 261 Å². The summed E-state index contributed by atoms with van der Waals surface area (Å²) in [5, 5.41) is 11.5. The minimum atomic E-state index is -4.11. The van der Waals surface area contributed by atoms with Gasteiger partial charge in [0, 0.05) is 22.7 Å². The van der Waals surface area contributed by atoms with E-state index in [-0.39, 0.29) is 17.9 Å². The predicted molar refractivity (Wildman–Crippen MR) is 174 cm³/mol. The van der Waals surface area contributed by atoms with Crippen molar-refractivity contribution < 1.29 is 18.3 Å². The summed E-state index contributed by atoms with van der Waals surface area (Å²) >= 11 is 7.72. The van der Waals surface area contributed by atoms with E-state index in [1.165, 1.54) is 17.7 Å². The Morgan fingerprint density at radius 2 is 1.44 bits per heavy atom. The highest BCUT2D eigenvalue weighted by molar-refractivity contribution is 7.89. The molecule has 1 aromatic heterocycles. The van der Waals surface area contributed by atoms with Gasteiger partial charge in [-0.15, -0.1) is 11.3 Å². The zero-order chi connectivity index (χ0) is 30.6. The standard InChI is InChI=1S/C34H31ClN2O4S2/c1-3-23-10-12-27(13-11-23)33-36-31(32(42-33)26-14-18-28(35)19-15-26)25-16-20-29(21-17-25)43(40,41)37(4-2)30(34(38)39)22-24-8-6-5-7-9-24/h5-21,30H,3-4,22H2,1-2H3,(H,38,39)/t30-/m0/s1. The number of sulfonamides is 1. The molecule has 0 aliphatic carbocycles. The molecular formula is C34H31ClN2O4S2. The topological polar surface area (TPSA) is 87.6 Å². The summed E-state index contributed by atoms with van der Waals surface area (Å²) in [7, 11) is -4.11. The van der Waals surface area contributed by atoms with Crippen LogP contribution in [0.3, 0.4) is 0 Å². The lowest BCUT2D eigenvalue weighted by Crippen LogP contribution is -2.46. The van der Waals surface area contributed by atoms with Gasteiger partial charge in [-0.25, -0.2) is 13.4 Å². The van der Waals surface area contributed by atoms with E-state index in [0.29, 0.717) is 5.02 Å². The van der Waals surface area contributed by atoms with Gasteiger partial charge in [0.05, 0.1) is 15.5 Å². The van der Waals surface area contributed by atoms with Crippen LogP contribution in [0.4, 0.5) is 0 Å². The number of hydrogen-bond acceptors (Lipinski definition) is 5. The van der Waals surface area contributed by atoms with Gasteiger partial charge in [0.15, 0.2) is 0 Å². The van der Waals surface area contributed by atoms with Gasteiger partial charge in [0.2, 0.25) is 10.0 Å². The van der Waals surface area contributed by atoms with E-state index in [9.17, 15) is 18.3 Å². The average molecular weight is 631 g/mol. The molecule has 220 valence electrons. The summed E-state index contributed by atoms with van der Waals surface area (Å²) in [5.74, 6) is -1.19. The number of aromatic nitrogens is 1. The zero-order valence-corrected chi connectivity index (χ0v) is 26.2. The summed E-state index contributed by atoms with van der Waals surface area (Å²) in [6, 6.07) is 30.2. The number of aryl methyl sites for hydroxylation is 1. The molecule has 0 saturated heterocycles. The fourth-order valence-corrected chi connectivity index (χ4v) is 7.76. The molecule has 0 spiro atoms. The first-order valence-electron chi connectivity index (χ1n) is 14.0. The van der Waals surface area contributed by atoms with Gasteiger partial charge < -0.3 is 5.11 Å². The third-order valence-electron chi connectivity index (χ3n) is 7.29. The normalized spacial score (nSPS) is 12.4. The van der Waals surface area contributed by atoms with Crippen molar-refractivity contribution in [1.82, 2.24) is 9.29 Å². The van der Waals surface area contributed by atoms with Crippen LogP contribution in [-0.4, -0.2) is 41.4 Å². The number of carbonyl (C=O) groups is 1. The van der Waals surface area contributed by atoms with E-state index >= 15 is 0 Å². The summed E-state index contributed by atoms with van der Waals surface area (Å²) in [6.45, 7) is 3.78. The molecule has 1 N–H and O–H groups in total. The molecule has 9 heteroatoms. The van der Waals surface area contributed by atoms with Crippen molar-refractivity contribution >= 4 is 38.9 Å². The van der Waals surface area contributed by atoms with Crippen molar-refractivity contribution in [2.45, 2.75) is 37.6 Å². The second-order valence-electron chi connectivity index (χ2n) is 10.0. The Balaban J connectivity index is 1.51. The van der Waals surface area contributed by atoms with Gasteiger partial charge in [-0.2, -0.15) is 4.31 Å². The number of likely N-dealkylation sites (N-methyl/N-ethyl adjacent to an activating group) is 1. The molecule has 1 atom stereocenters. The molecule has 0 amide bonds. The molecule has 5 aromatic rings. The van der Waals surface area contributed by atoms with Crippen LogP contribution in [0.1, 0.15) is 25.0 Å². The summed E-state index contributed by atoms with van der Waals surface area (Å²) in [4.78, 5) is 18.2. The van der Waals surface area contributed by atoms with Gasteiger partial charge in [0.25, 0.3) is 0 Å². The molecule has 0 aliphatic heterocycles. The van der Waals surface area contributed by atoms with E-state index < -0.39 is 22.0 Å². The molecular weight excluding hydrogens is 600 g/mol. The van der Waals surface area contributed by atoms with Crippen molar-refractivity contribution in [3.05, 3.63) is 119 Å². The molecule has 0 saturated carbocycles. The lowest BCUT2D eigenvalue weighted by atomic mass is 10.1. The number of nitrogens with zero attached hydrogens (tertiary/aromatic N) is 2. The van der Waals surface area contributed by atoms with Gasteiger partial charge in [-0.05, 0) is 53.8 Å². The van der Waals surface area contributed by atoms with Crippen LogP contribution in [0.5, 0.6) is 0 Å². The van der Waals surface area contributed by atoms with E-state index in [2.05, 4.69) is 31.2 Å². The largest absolute Gasteiger partial charge is 0.480 e. The number of carboxylic acid groups (broad SMARTS) is 1. The Hall–Kier alpha value is -3.82. The van der Waals surface area contributed by atoms with Crippen LogP contribution in [0, 0.1) is 0 Å². The highest BCUT2D eigenvalue weighted by atomic mass is 35.5. The fourth-order valence-electron chi connectivity index (χ4n) is 4.95. The number of thiazole rings is 1. The number of halogens is 1. The van der Waals surface area contributed by atoms with Crippen LogP contribution in [0.15, 0.2) is 108 Å². The van der Waals surface area contributed by atoms with Crippen LogP contribution < -0.4 is 0 Å². The Morgan fingerprint density at radius 3 is 2.02 bits per heavy atom. The molecule has 0 fully saturated rings. The molecule has 6 nitrogen and oxygen atoms in total. The van der Waals surface area contributed by atoms with E-state index in [0.717, 1.165) is 48.6 Å². The SMILES string of the molecule is CCc1ccc(-c2nc(-c3ccc(S(=O)(=O)N(CC)[C@@H](Cc4ccccc4)C(=O)O)cc3)c(-c3ccc(Cl)cc3)s2)cc1. The number of rotatable bonds is 11. The quantitative estimate of drug-likeness (QED) is 0.159. The Kier molecular flexibility index (Phi) is 9.42. The maximum absolute atomic E-state index is 13.7. The molecule has 43 heavy (non-hydrogen) atoms. The van der Waals surface area contributed by atoms with E-state index in [4.69, 9.17) is 16.6 Å². The summed E-state index contributed by atoms with van der Waals surface area (Å²) < 4.78 is 28.5. The third-order valence-corrected chi connectivity index (χ3v) is 10.7. The summed E-state index contributed by atoms with van der Waals surface area (Å²) in [5.41, 5.74) is 5.42. The highest BCUT2D eigenvalue weighted by Crippen LogP contribution is 2.41. The number of aliphatic carboxylic acids is 1. The third kappa shape index (κ3) is 6.73. The number of carboxylic acids is 1. The molecule has 0 aliphatic rings. The van der Waals surface area contributed by atoms with Gasteiger partial charge in [-0.1, -0.05) is 104 Å². The molecule has 0 unspecified atom stereocenters. The minimum Gasteiger partial charge on any atom is -0.480 e. The minimum absolute atomic E-state index is 0.0147. The van der Waals surface area contributed by atoms with Crippen LogP contribution in [-0.2, 0) is 27.7 Å². The van der Waals surface area contributed by atoms with E-state index in [1.807, 2.05) is 30.3 Å². The van der Waals surface area contributed by atoms with Crippen molar-refractivity contribution in [3.63, 3.8) is 0 Å². The maximum atomic E-state index is 13.7. The van der Waals surface area contributed by atoms with Crippen molar-refractivity contribution in [2.24, 2.45) is 0 Å². The average Bonchev–Trinajstić information content (AvgIpc) is 3.47. The van der Waals surface area contributed by atoms with Crippen LogP contribution in [0.25, 0.3) is 32.3 Å². The Bertz CT molecular complexity index is 1800. The molecule has 0 radical (unpaired) electrons. The lowest BCUT2D eigenvalue weighted by molar-refractivity contribution is -0.141. The molecule has 0 bridgehead atoms. The first kappa shape index (κ1) is 30.6. The van der Waals surface area contributed by atoms with Crippen LogP contribution in [0.2, 0.25) is 5.02 Å². The van der Waals surface area contributed by atoms with Gasteiger partial charge in [-0.3, -0.25) is 4.79 Å². The zero-order valence-electron chi connectivity index (χ0n) is 23.8. The van der Waals surface area contributed by atoms with E-state index in [1.54, 1.807) is 54.7 Å². The second-order valence-corrected chi connectivity index (χ2v) is 13.4.